The summed E-state index contributed by atoms with van der Waals surface area (Å²) in [6.45, 7) is 4.25. The lowest BCUT2D eigenvalue weighted by Crippen LogP contribution is -2.30. The van der Waals surface area contributed by atoms with Crippen LogP contribution in [0.1, 0.15) is 34.6 Å². The number of carbonyl (C=O) groups excluding carboxylic acids is 1. The van der Waals surface area contributed by atoms with Crippen LogP contribution in [-0.2, 0) is 21.2 Å². The Balaban J connectivity index is 1.46. The van der Waals surface area contributed by atoms with Crippen molar-refractivity contribution in [3.8, 4) is 0 Å². The van der Waals surface area contributed by atoms with Gasteiger partial charge in [-0.25, -0.2) is 8.42 Å². The van der Waals surface area contributed by atoms with Crippen LogP contribution in [0.2, 0.25) is 0 Å². The molecule has 2 unspecified atom stereocenters. The number of rotatable bonds is 9. The van der Waals surface area contributed by atoms with E-state index in [0.717, 1.165) is 10.4 Å². The second-order valence-corrected chi connectivity index (χ2v) is 11.7. The summed E-state index contributed by atoms with van der Waals surface area (Å²) >= 11 is 2.89. The van der Waals surface area contributed by atoms with E-state index in [1.807, 2.05) is 52.4 Å². The van der Waals surface area contributed by atoms with Crippen LogP contribution in [0, 0.1) is 0 Å². The minimum absolute atomic E-state index is 0.0903. The van der Waals surface area contributed by atoms with E-state index in [4.69, 9.17) is 0 Å². The highest BCUT2D eigenvalue weighted by molar-refractivity contribution is 7.99. The Labute approximate surface area is 195 Å². The molecule has 1 fully saturated rings. The van der Waals surface area contributed by atoms with Crippen LogP contribution in [0.4, 0.5) is 0 Å². The van der Waals surface area contributed by atoms with E-state index in [-0.39, 0.29) is 35.1 Å². The Kier molecular flexibility index (Phi) is 7.12. The van der Waals surface area contributed by atoms with E-state index < -0.39 is 9.84 Å². The number of hydrogen-bond donors (Lipinski definition) is 1. The van der Waals surface area contributed by atoms with Crippen LogP contribution in [-0.4, -0.2) is 46.3 Å². The van der Waals surface area contributed by atoms with Crippen molar-refractivity contribution in [2.24, 2.45) is 0 Å². The number of nitrogens with one attached hydrogen (secondary N) is 1. The van der Waals surface area contributed by atoms with Crippen molar-refractivity contribution in [2.75, 3.05) is 17.3 Å². The van der Waals surface area contributed by atoms with Crippen LogP contribution in [0.15, 0.2) is 65.7 Å². The first-order valence-electron chi connectivity index (χ1n) is 10.2. The standard InChI is InChI=1S/C22H24N4O3S3/c1-2-11-26-21(17-10-13-32(28,29)15-17)24-25-22(26)31-14-19(27)23-20(18-9-6-12-30-18)16-7-4-3-5-8-16/h2-9,12,17,20H,1,10-11,13-15H2,(H,23,27). The Hall–Kier alpha value is -2.43. The second kappa shape index (κ2) is 10.0. The summed E-state index contributed by atoms with van der Waals surface area (Å²) in [7, 11) is -3.03. The van der Waals surface area contributed by atoms with E-state index in [1.165, 1.54) is 11.8 Å². The van der Waals surface area contributed by atoms with E-state index in [0.29, 0.717) is 23.9 Å². The van der Waals surface area contributed by atoms with Crippen molar-refractivity contribution in [2.45, 2.75) is 30.1 Å². The predicted octanol–water partition coefficient (Wildman–Crippen LogP) is 3.43. The number of aromatic nitrogens is 3. The SMILES string of the molecule is C=CCn1c(SCC(=O)NC(c2ccccc2)c2cccs2)nnc1C1CCS(=O)(=O)C1. The van der Waals surface area contributed by atoms with E-state index in [9.17, 15) is 13.2 Å². The number of allylic oxidation sites excluding steroid dienone is 1. The summed E-state index contributed by atoms with van der Waals surface area (Å²) in [5, 5.41) is 14.2. The predicted molar refractivity (Wildman–Crippen MR) is 128 cm³/mol. The molecule has 1 aliphatic rings. The average molecular weight is 489 g/mol. The Bertz CT molecular complexity index is 1170. The van der Waals surface area contributed by atoms with Crippen LogP contribution >= 0.6 is 23.1 Å². The van der Waals surface area contributed by atoms with Crippen molar-refractivity contribution < 1.29 is 13.2 Å². The molecule has 1 saturated heterocycles. The fourth-order valence-electron chi connectivity index (χ4n) is 3.76. The van der Waals surface area contributed by atoms with Gasteiger partial charge in [-0.1, -0.05) is 54.2 Å². The number of thiophene rings is 1. The number of benzene rings is 1. The summed E-state index contributed by atoms with van der Waals surface area (Å²) < 4.78 is 25.6. The highest BCUT2D eigenvalue weighted by Gasteiger charge is 2.33. The molecule has 3 heterocycles. The lowest BCUT2D eigenvalue weighted by atomic mass is 10.1. The lowest BCUT2D eigenvalue weighted by Gasteiger charge is -2.18. The molecule has 3 aromatic rings. The second-order valence-electron chi connectivity index (χ2n) is 7.56. The zero-order chi connectivity index (χ0) is 22.6. The maximum absolute atomic E-state index is 12.8. The van der Waals surface area contributed by atoms with E-state index >= 15 is 0 Å². The number of amides is 1. The van der Waals surface area contributed by atoms with Crippen LogP contribution < -0.4 is 5.32 Å². The van der Waals surface area contributed by atoms with Crippen molar-refractivity contribution in [1.82, 2.24) is 20.1 Å². The number of sulfone groups is 1. The zero-order valence-corrected chi connectivity index (χ0v) is 19.8. The first-order chi connectivity index (χ1) is 15.5. The van der Waals surface area contributed by atoms with Gasteiger partial charge in [-0.2, -0.15) is 0 Å². The minimum atomic E-state index is -3.03. The molecule has 7 nitrogen and oxygen atoms in total. The summed E-state index contributed by atoms with van der Waals surface area (Å²) in [5.41, 5.74) is 1.02. The molecular formula is C22H24N4O3S3. The van der Waals surface area contributed by atoms with Gasteiger partial charge in [0.2, 0.25) is 5.91 Å². The molecule has 1 aliphatic heterocycles. The molecule has 1 N–H and O–H groups in total. The Morgan fingerprint density at radius 3 is 2.75 bits per heavy atom. The monoisotopic (exact) mass is 488 g/mol. The first-order valence-corrected chi connectivity index (χ1v) is 13.9. The van der Waals surface area contributed by atoms with Gasteiger partial charge in [-0.05, 0) is 23.4 Å². The van der Waals surface area contributed by atoms with Gasteiger partial charge in [0.05, 0.1) is 23.3 Å². The van der Waals surface area contributed by atoms with Crippen molar-refractivity contribution in [3.63, 3.8) is 0 Å². The van der Waals surface area contributed by atoms with Gasteiger partial charge in [0.25, 0.3) is 0 Å². The lowest BCUT2D eigenvalue weighted by molar-refractivity contribution is -0.119. The molecule has 0 bridgehead atoms. The van der Waals surface area contributed by atoms with E-state index in [2.05, 4.69) is 22.1 Å². The fourth-order valence-corrected chi connectivity index (χ4v) is 7.07. The summed E-state index contributed by atoms with van der Waals surface area (Å²) in [6, 6.07) is 13.6. The molecule has 2 atom stereocenters. The van der Waals surface area contributed by atoms with Gasteiger partial charge < -0.3 is 9.88 Å². The zero-order valence-electron chi connectivity index (χ0n) is 17.4. The third-order valence-electron chi connectivity index (χ3n) is 5.25. The van der Waals surface area contributed by atoms with Crippen molar-refractivity contribution in [3.05, 3.63) is 76.8 Å². The Morgan fingerprint density at radius 2 is 2.09 bits per heavy atom. The van der Waals surface area contributed by atoms with Gasteiger partial charge in [-0.3, -0.25) is 4.79 Å². The number of thioether (sulfide) groups is 1. The maximum Gasteiger partial charge on any atom is 0.231 e. The normalized spacial score (nSPS) is 18.3. The molecule has 4 rings (SSSR count). The molecular weight excluding hydrogens is 464 g/mol. The van der Waals surface area contributed by atoms with Crippen LogP contribution in [0.5, 0.6) is 0 Å². The van der Waals surface area contributed by atoms with Crippen molar-refractivity contribution >= 4 is 38.8 Å². The van der Waals surface area contributed by atoms with Gasteiger partial charge in [0.15, 0.2) is 15.0 Å². The smallest absolute Gasteiger partial charge is 0.231 e. The highest BCUT2D eigenvalue weighted by atomic mass is 32.2. The van der Waals surface area contributed by atoms with Crippen LogP contribution in [0.3, 0.4) is 0 Å². The van der Waals surface area contributed by atoms with Gasteiger partial charge >= 0.3 is 0 Å². The summed E-state index contributed by atoms with van der Waals surface area (Å²) in [6.07, 6.45) is 2.27. The molecule has 10 heteroatoms. The summed E-state index contributed by atoms with van der Waals surface area (Å²) in [5.74, 6) is 0.800. The average Bonchev–Trinajstić information content (AvgIpc) is 3.52. The van der Waals surface area contributed by atoms with Gasteiger partial charge in [-0.15, -0.1) is 28.1 Å². The summed E-state index contributed by atoms with van der Waals surface area (Å²) in [4.78, 5) is 13.9. The topological polar surface area (TPSA) is 93.9 Å². The quantitative estimate of drug-likeness (QED) is 0.366. The van der Waals surface area contributed by atoms with Crippen molar-refractivity contribution in [1.29, 1.82) is 0 Å². The largest absolute Gasteiger partial charge is 0.344 e. The molecule has 0 spiro atoms. The van der Waals surface area contributed by atoms with Crippen LogP contribution in [0.25, 0.3) is 0 Å². The molecule has 0 aliphatic carbocycles. The number of carbonyl (C=O) groups is 1. The number of nitrogens with zero attached hydrogens (tertiary/aromatic N) is 3. The number of hydrogen-bond acceptors (Lipinski definition) is 7. The maximum atomic E-state index is 12.8. The minimum Gasteiger partial charge on any atom is -0.344 e. The first kappa shape index (κ1) is 22.8. The molecule has 0 saturated carbocycles. The Morgan fingerprint density at radius 1 is 1.28 bits per heavy atom. The third-order valence-corrected chi connectivity index (χ3v) is 8.92. The molecule has 1 amide bonds. The fraction of sp³-hybridized carbons (Fsp3) is 0.318. The molecule has 168 valence electrons. The molecule has 1 aromatic carbocycles. The van der Waals surface area contributed by atoms with E-state index in [1.54, 1.807) is 17.4 Å². The molecule has 0 radical (unpaired) electrons. The highest BCUT2D eigenvalue weighted by Crippen LogP contribution is 2.30. The van der Waals surface area contributed by atoms with Gasteiger partial charge in [0, 0.05) is 17.3 Å². The molecule has 2 aromatic heterocycles. The van der Waals surface area contributed by atoms with Gasteiger partial charge in [0.1, 0.15) is 5.82 Å². The molecule has 32 heavy (non-hydrogen) atoms. The third kappa shape index (κ3) is 5.31.